The van der Waals surface area contributed by atoms with E-state index < -0.39 is 0 Å². The van der Waals surface area contributed by atoms with E-state index in [1.807, 2.05) is 13.3 Å². The average Bonchev–Trinajstić information content (AvgIpc) is 3.17. The molecule has 20 heavy (non-hydrogen) atoms. The summed E-state index contributed by atoms with van der Waals surface area (Å²) in [5.41, 5.74) is 1.22. The van der Waals surface area contributed by atoms with Gasteiger partial charge in [0, 0.05) is 13.2 Å². The fourth-order valence-electron chi connectivity index (χ4n) is 2.75. The van der Waals surface area contributed by atoms with Gasteiger partial charge in [0.15, 0.2) is 0 Å². The minimum absolute atomic E-state index is 0.201. The van der Waals surface area contributed by atoms with E-state index in [0.717, 1.165) is 17.4 Å². The lowest BCUT2D eigenvalue weighted by Gasteiger charge is -2.29. The van der Waals surface area contributed by atoms with Crippen molar-refractivity contribution in [2.24, 2.45) is 5.92 Å². The van der Waals surface area contributed by atoms with Crippen molar-refractivity contribution in [1.82, 2.24) is 15.1 Å². The Labute approximate surface area is 130 Å². The highest BCUT2D eigenvalue weighted by atomic mass is 79.9. The van der Waals surface area contributed by atoms with Gasteiger partial charge in [-0.3, -0.25) is 4.68 Å². The summed E-state index contributed by atoms with van der Waals surface area (Å²) >= 11 is 3.67. The molecule has 1 heterocycles. The third-order valence-corrected chi connectivity index (χ3v) is 4.48. The van der Waals surface area contributed by atoms with Gasteiger partial charge >= 0.3 is 0 Å². The Hall–Kier alpha value is -0.390. The topological polar surface area (TPSA) is 39.1 Å². The number of halogens is 1. The summed E-state index contributed by atoms with van der Waals surface area (Å²) in [6.45, 7) is 7.52. The lowest BCUT2D eigenvalue weighted by molar-refractivity contribution is 0.0474. The van der Waals surface area contributed by atoms with Crippen molar-refractivity contribution < 1.29 is 4.74 Å². The van der Waals surface area contributed by atoms with Gasteiger partial charge in [0.1, 0.15) is 0 Å². The fraction of sp³-hybridized carbons (Fsp3) is 0.800. The first kappa shape index (κ1) is 16.0. The van der Waals surface area contributed by atoms with Crippen LogP contribution < -0.4 is 5.32 Å². The Morgan fingerprint density at radius 2 is 2.20 bits per heavy atom. The van der Waals surface area contributed by atoms with Crippen LogP contribution >= 0.6 is 15.9 Å². The maximum absolute atomic E-state index is 5.82. The third kappa shape index (κ3) is 3.43. The fourth-order valence-corrected chi connectivity index (χ4v) is 3.27. The standard InChI is InChI=1S/C15H26BrN3O/c1-5-8-17-13(15(20-4)11-6-7-11)14-12(16)9-18-19(14)10(2)3/h9-11,13,15,17H,5-8H2,1-4H3. The largest absolute Gasteiger partial charge is 0.379 e. The Balaban J connectivity index is 2.31. The monoisotopic (exact) mass is 343 g/mol. The van der Waals surface area contributed by atoms with Crippen molar-refractivity contribution in [1.29, 1.82) is 0 Å². The molecule has 0 amide bonds. The highest BCUT2D eigenvalue weighted by molar-refractivity contribution is 9.10. The van der Waals surface area contributed by atoms with Crippen LogP contribution in [-0.2, 0) is 4.74 Å². The summed E-state index contributed by atoms with van der Waals surface area (Å²) in [6, 6.07) is 0.547. The molecule has 4 nitrogen and oxygen atoms in total. The Morgan fingerprint density at radius 1 is 1.50 bits per heavy atom. The minimum atomic E-state index is 0.201. The summed E-state index contributed by atoms with van der Waals surface area (Å²) in [4.78, 5) is 0. The molecular formula is C15H26BrN3O. The normalized spacial score (nSPS) is 18.5. The molecule has 0 spiro atoms. The minimum Gasteiger partial charge on any atom is -0.379 e. The van der Waals surface area contributed by atoms with Gasteiger partial charge in [0.25, 0.3) is 0 Å². The molecule has 0 bridgehead atoms. The first-order chi connectivity index (χ1) is 9.60. The SMILES string of the molecule is CCCNC(c1c(Br)cnn1C(C)C)C(OC)C1CC1. The second-order valence-corrected chi connectivity index (χ2v) is 6.74. The van der Waals surface area contributed by atoms with E-state index in [1.54, 1.807) is 0 Å². The number of nitrogens with zero attached hydrogens (tertiary/aromatic N) is 2. The van der Waals surface area contributed by atoms with Gasteiger partial charge in [0.05, 0.1) is 28.5 Å². The average molecular weight is 344 g/mol. The molecule has 0 saturated heterocycles. The number of ether oxygens (including phenoxy) is 1. The second kappa shape index (κ2) is 7.05. The quantitative estimate of drug-likeness (QED) is 0.782. The number of hydrogen-bond donors (Lipinski definition) is 1. The van der Waals surface area contributed by atoms with E-state index in [0.29, 0.717) is 12.0 Å². The van der Waals surface area contributed by atoms with E-state index >= 15 is 0 Å². The summed E-state index contributed by atoms with van der Waals surface area (Å²) in [7, 11) is 1.83. The zero-order chi connectivity index (χ0) is 14.7. The lowest BCUT2D eigenvalue weighted by atomic mass is 10.0. The molecule has 1 aromatic heterocycles. The molecule has 1 aliphatic carbocycles. The molecule has 2 atom stereocenters. The molecule has 0 aromatic carbocycles. The van der Waals surface area contributed by atoms with Crippen LogP contribution in [0.1, 0.15) is 57.8 Å². The van der Waals surface area contributed by atoms with Crippen molar-refractivity contribution in [2.45, 2.75) is 58.2 Å². The molecule has 1 aliphatic rings. The van der Waals surface area contributed by atoms with Gasteiger partial charge in [0.2, 0.25) is 0 Å². The van der Waals surface area contributed by atoms with Crippen LogP contribution in [0.25, 0.3) is 0 Å². The van der Waals surface area contributed by atoms with E-state index in [-0.39, 0.29) is 12.1 Å². The molecule has 5 heteroatoms. The number of aromatic nitrogens is 2. The smallest absolute Gasteiger partial charge is 0.0809 e. The first-order valence-electron chi connectivity index (χ1n) is 7.59. The molecule has 1 aromatic rings. The molecule has 1 fully saturated rings. The Bertz CT molecular complexity index is 429. The maximum Gasteiger partial charge on any atom is 0.0809 e. The summed E-state index contributed by atoms with van der Waals surface area (Å²) in [5, 5.41) is 8.18. The Morgan fingerprint density at radius 3 is 2.70 bits per heavy atom. The van der Waals surface area contributed by atoms with Crippen LogP contribution in [0.4, 0.5) is 0 Å². The van der Waals surface area contributed by atoms with Crippen molar-refractivity contribution in [2.75, 3.05) is 13.7 Å². The highest BCUT2D eigenvalue weighted by Gasteiger charge is 2.39. The van der Waals surface area contributed by atoms with E-state index in [1.165, 1.54) is 18.5 Å². The van der Waals surface area contributed by atoms with Gasteiger partial charge in [-0.15, -0.1) is 0 Å². The highest BCUT2D eigenvalue weighted by Crippen LogP contribution is 2.41. The van der Waals surface area contributed by atoms with Crippen molar-refractivity contribution in [3.8, 4) is 0 Å². The summed E-state index contributed by atoms with van der Waals surface area (Å²) < 4.78 is 9.00. The molecule has 2 rings (SSSR count). The van der Waals surface area contributed by atoms with Crippen LogP contribution in [0.15, 0.2) is 10.7 Å². The van der Waals surface area contributed by atoms with Crippen molar-refractivity contribution >= 4 is 15.9 Å². The predicted octanol–water partition coefficient (Wildman–Crippen LogP) is 3.69. The van der Waals surface area contributed by atoms with Crippen LogP contribution in [-0.4, -0.2) is 29.5 Å². The van der Waals surface area contributed by atoms with Crippen molar-refractivity contribution in [3.05, 3.63) is 16.4 Å². The molecule has 114 valence electrons. The summed E-state index contributed by atoms with van der Waals surface area (Å²) in [5.74, 6) is 0.678. The third-order valence-electron chi connectivity index (χ3n) is 3.87. The maximum atomic E-state index is 5.82. The van der Waals surface area contributed by atoms with Gasteiger partial charge in [-0.25, -0.2) is 0 Å². The number of nitrogens with one attached hydrogen (secondary N) is 1. The molecule has 0 aliphatic heterocycles. The second-order valence-electron chi connectivity index (χ2n) is 5.89. The van der Waals surface area contributed by atoms with E-state index in [2.05, 4.69) is 51.8 Å². The summed E-state index contributed by atoms with van der Waals surface area (Å²) in [6.07, 6.45) is 5.79. The van der Waals surface area contributed by atoms with Crippen LogP contribution in [0.5, 0.6) is 0 Å². The van der Waals surface area contributed by atoms with Crippen molar-refractivity contribution in [3.63, 3.8) is 0 Å². The molecule has 0 radical (unpaired) electrons. The van der Waals surface area contributed by atoms with Gasteiger partial charge in [-0.05, 0) is 61.5 Å². The number of rotatable bonds is 8. The van der Waals surface area contributed by atoms with E-state index in [9.17, 15) is 0 Å². The van der Waals surface area contributed by atoms with Crippen LogP contribution in [0.3, 0.4) is 0 Å². The molecular weight excluding hydrogens is 318 g/mol. The Kier molecular flexibility index (Phi) is 5.64. The molecule has 1 N–H and O–H groups in total. The molecule has 2 unspecified atom stereocenters. The molecule has 1 saturated carbocycles. The number of hydrogen-bond acceptors (Lipinski definition) is 3. The van der Waals surface area contributed by atoms with Gasteiger partial charge in [-0.1, -0.05) is 6.92 Å². The predicted molar refractivity (Wildman–Crippen MR) is 84.9 cm³/mol. The first-order valence-corrected chi connectivity index (χ1v) is 8.38. The van der Waals surface area contributed by atoms with Crippen LogP contribution in [0.2, 0.25) is 0 Å². The van der Waals surface area contributed by atoms with Gasteiger partial charge in [-0.2, -0.15) is 5.10 Å². The van der Waals surface area contributed by atoms with E-state index in [4.69, 9.17) is 4.74 Å². The van der Waals surface area contributed by atoms with Gasteiger partial charge < -0.3 is 10.1 Å². The zero-order valence-corrected chi connectivity index (χ0v) is 14.5. The number of methoxy groups -OCH3 is 1. The lowest BCUT2D eigenvalue weighted by Crippen LogP contribution is -2.37. The van der Waals surface area contributed by atoms with Crippen LogP contribution in [0, 0.1) is 5.92 Å². The zero-order valence-electron chi connectivity index (χ0n) is 12.9.